The van der Waals surface area contributed by atoms with E-state index >= 15 is 0 Å². The number of aryl methyl sites for hydroxylation is 1. The summed E-state index contributed by atoms with van der Waals surface area (Å²) in [5, 5.41) is 22.6. The van der Waals surface area contributed by atoms with E-state index in [1.54, 1.807) is 67.3 Å². The second kappa shape index (κ2) is 15.6. The van der Waals surface area contributed by atoms with Crippen LogP contribution in [0.3, 0.4) is 0 Å². The number of ether oxygens (including phenoxy) is 4. The van der Waals surface area contributed by atoms with Gasteiger partial charge in [0.2, 0.25) is 0 Å². The third-order valence-electron chi connectivity index (χ3n) is 5.54. The maximum Gasteiger partial charge on any atom is 0.518 e. The predicted molar refractivity (Wildman–Crippen MR) is 152 cm³/mol. The van der Waals surface area contributed by atoms with E-state index in [1.807, 2.05) is 12.1 Å². The van der Waals surface area contributed by atoms with Gasteiger partial charge in [0.15, 0.2) is 29.7 Å². The van der Waals surface area contributed by atoms with Crippen molar-refractivity contribution in [2.24, 2.45) is 0 Å². The third-order valence-corrected chi connectivity index (χ3v) is 5.54. The van der Waals surface area contributed by atoms with Gasteiger partial charge in [0.05, 0.1) is 20.4 Å². The van der Waals surface area contributed by atoms with Crippen LogP contribution in [0.25, 0.3) is 12.2 Å². The lowest BCUT2D eigenvalue weighted by atomic mass is 10.1. The number of hydrogen-bond donors (Lipinski definition) is 3. The summed E-state index contributed by atoms with van der Waals surface area (Å²) in [4.78, 5) is 24.5. The van der Waals surface area contributed by atoms with Crippen LogP contribution in [0.15, 0.2) is 84.9 Å². The van der Waals surface area contributed by atoms with Crippen LogP contribution in [0.2, 0.25) is 0 Å². The second-order valence-corrected chi connectivity index (χ2v) is 8.79. The molecule has 3 aromatic rings. The number of aliphatic hydroxyl groups excluding tert-OH is 1. The molecule has 0 saturated carbocycles. The minimum absolute atomic E-state index is 0.0614. The van der Waals surface area contributed by atoms with Crippen molar-refractivity contribution in [3.63, 3.8) is 0 Å². The number of carbonyl (C=O) groups excluding carboxylic acids is 2. The molecule has 0 unspecified atom stereocenters. The Bertz CT molecular complexity index is 1450. The summed E-state index contributed by atoms with van der Waals surface area (Å²) in [5.74, 6) is -0.0725. The highest BCUT2D eigenvalue weighted by molar-refractivity contribution is 6.02. The number of methoxy groups -OCH3 is 1. The summed E-state index contributed by atoms with van der Waals surface area (Å²) < 4.78 is 22.9. The van der Waals surface area contributed by atoms with Crippen molar-refractivity contribution >= 4 is 24.1 Å². The lowest BCUT2D eigenvalue weighted by Crippen LogP contribution is -2.36. The largest absolute Gasteiger partial charge is 0.518 e. The van der Waals surface area contributed by atoms with Gasteiger partial charge < -0.3 is 29.2 Å². The van der Waals surface area contributed by atoms with Gasteiger partial charge in [0.1, 0.15) is 11.5 Å². The minimum atomic E-state index is -0.915. The molecule has 2 aromatic carbocycles. The molecule has 41 heavy (non-hydrogen) atoms. The topological polar surface area (TPSA) is 127 Å². The normalized spacial score (nSPS) is 11.6. The summed E-state index contributed by atoms with van der Waals surface area (Å²) in [6.45, 7) is 2.53. The number of phenolic OH excluding ortho intramolecular Hbond substituents is 1. The number of phenols is 1. The fraction of sp³-hybridized carbons (Fsp3) is 0.194. The van der Waals surface area contributed by atoms with E-state index in [2.05, 4.69) is 5.32 Å². The molecule has 10 heteroatoms. The Morgan fingerprint density at radius 2 is 1.78 bits per heavy atom. The summed E-state index contributed by atoms with van der Waals surface area (Å²) >= 11 is 0. The average Bonchev–Trinajstić information content (AvgIpc) is 2.96. The molecule has 3 N–H and O–H groups in total. The number of ketones is 1. The molecule has 0 atom stereocenters. The van der Waals surface area contributed by atoms with Gasteiger partial charge in [-0.15, -0.1) is 0 Å². The molecular weight excluding hydrogens is 528 g/mol. The predicted octanol–water partition coefficient (Wildman–Crippen LogP) is 4.60. The first-order valence-electron chi connectivity index (χ1n) is 12.6. The zero-order valence-electron chi connectivity index (χ0n) is 23.1. The Labute approximate surface area is 238 Å². The van der Waals surface area contributed by atoms with Crippen molar-refractivity contribution in [1.29, 1.82) is 0 Å². The molecule has 0 aliphatic carbocycles. The van der Waals surface area contributed by atoms with Gasteiger partial charge in [-0.25, -0.2) is 4.79 Å². The van der Waals surface area contributed by atoms with E-state index in [0.29, 0.717) is 24.5 Å². The number of benzene rings is 2. The Kier molecular flexibility index (Phi) is 11.7. The van der Waals surface area contributed by atoms with Crippen molar-refractivity contribution in [3.8, 4) is 17.2 Å². The lowest BCUT2D eigenvalue weighted by molar-refractivity contribution is -0.728. The minimum Gasteiger partial charge on any atom is -0.508 e. The molecule has 214 valence electrons. The standard InChI is InChI=1S/C31H32N2O8/c1-22-15-23(8-12-28(22)36)6-10-26(34)17-27(35)11-7-24-9-13-29(30(16-24)38-3)41-31(37)40-21-33-14-4-5-25(18-33)19-39-20-32-2/h4-18,32H,19-21H2,1-3H3,(H-,34,35,36)/p+1. The molecule has 0 saturated heterocycles. The van der Waals surface area contributed by atoms with Crippen LogP contribution in [-0.4, -0.2) is 43.0 Å². The van der Waals surface area contributed by atoms with Crippen molar-refractivity contribution in [1.82, 2.24) is 5.32 Å². The summed E-state index contributed by atoms with van der Waals surface area (Å²) in [6.07, 6.45) is 9.55. The van der Waals surface area contributed by atoms with Gasteiger partial charge in [0, 0.05) is 17.7 Å². The van der Waals surface area contributed by atoms with E-state index in [0.717, 1.165) is 17.2 Å². The number of pyridine rings is 1. The second-order valence-electron chi connectivity index (χ2n) is 8.79. The van der Waals surface area contributed by atoms with Gasteiger partial charge in [-0.2, -0.15) is 4.57 Å². The molecule has 0 aliphatic rings. The van der Waals surface area contributed by atoms with Crippen molar-refractivity contribution < 1.29 is 43.3 Å². The van der Waals surface area contributed by atoms with Crippen LogP contribution in [0.4, 0.5) is 4.79 Å². The molecule has 0 aliphatic heterocycles. The van der Waals surface area contributed by atoms with Crippen molar-refractivity contribution in [2.75, 3.05) is 20.9 Å². The molecule has 10 nitrogen and oxygen atoms in total. The van der Waals surface area contributed by atoms with E-state index < -0.39 is 11.9 Å². The first-order valence-corrected chi connectivity index (χ1v) is 12.6. The lowest BCUT2D eigenvalue weighted by Gasteiger charge is -2.09. The molecule has 3 rings (SSSR count). The van der Waals surface area contributed by atoms with Crippen LogP contribution in [0, 0.1) is 6.92 Å². The van der Waals surface area contributed by atoms with Crippen molar-refractivity contribution in [2.45, 2.75) is 20.3 Å². The van der Waals surface area contributed by atoms with Gasteiger partial charge in [0.25, 0.3) is 6.73 Å². The molecule has 0 fully saturated rings. The van der Waals surface area contributed by atoms with E-state index in [9.17, 15) is 19.8 Å². The molecule has 0 radical (unpaired) electrons. The molecular formula is C31H33N2O8+. The van der Waals surface area contributed by atoms with Crippen LogP contribution in [0.5, 0.6) is 17.2 Å². The number of allylic oxidation sites excluding steroid dienone is 3. The van der Waals surface area contributed by atoms with E-state index in [4.69, 9.17) is 18.9 Å². The highest BCUT2D eigenvalue weighted by Crippen LogP contribution is 2.29. The smallest absolute Gasteiger partial charge is 0.508 e. The molecule has 0 spiro atoms. The van der Waals surface area contributed by atoms with Gasteiger partial charge >= 0.3 is 6.16 Å². The number of aromatic hydroxyl groups is 1. The van der Waals surface area contributed by atoms with Crippen LogP contribution in [-0.2, 0) is 27.6 Å². The van der Waals surface area contributed by atoms with Crippen molar-refractivity contribution in [3.05, 3.63) is 107 Å². The quantitative estimate of drug-likeness (QED) is 0.0401. The van der Waals surface area contributed by atoms with Crippen LogP contribution >= 0.6 is 0 Å². The maximum atomic E-state index is 12.3. The zero-order valence-corrected chi connectivity index (χ0v) is 23.1. The number of aliphatic hydroxyl groups is 1. The Morgan fingerprint density at radius 3 is 2.54 bits per heavy atom. The first kappa shape index (κ1) is 30.6. The van der Waals surface area contributed by atoms with Gasteiger partial charge in [-0.1, -0.05) is 24.3 Å². The third kappa shape index (κ3) is 10.3. The fourth-order valence-electron chi connectivity index (χ4n) is 3.52. The number of hydrogen-bond acceptors (Lipinski definition) is 9. The monoisotopic (exact) mass is 561 g/mol. The Balaban J connectivity index is 1.55. The van der Waals surface area contributed by atoms with Gasteiger partial charge in [-0.05, 0) is 73.1 Å². The summed E-state index contributed by atoms with van der Waals surface area (Å²) in [7, 11) is 3.21. The van der Waals surface area contributed by atoms with Crippen LogP contribution < -0.4 is 19.4 Å². The number of nitrogens with one attached hydrogen (secondary N) is 1. The SMILES string of the molecule is CNCOCc1ccc[n+](COC(=O)Oc2ccc(C=CC(=O)C=C(O)C=Cc3ccc(O)c(C)c3)cc2OC)c1. The highest BCUT2D eigenvalue weighted by Gasteiger charge is 2.14. The highest BCUT2D eigenvalue weighted by atomic mass is 16.7. The number of carbonyl (C=O) groups is 2. The summed E-state index contributed by atoms with van der Waals surface area (Å²) in [5.41, 5.74) is 2.98. The number of aromatic nitrogens is 1. The van der Waals surface area contributed by atoms with Gasteiger partial charge in [-0.3, -0.25) is 10.1 Å². The number of rotatable bonds is 13. The Hall–Kier alpha value is -4.93. The molecule has 1 aromatic heterocycles. The molecule has 1 heterocycles. The first-order chi connectivity index (χ1) is 19.8. The average molecular weight is 562 g/mol. The number of nitrogens with zero attached hydrogens (tertiary/aromatic N) is 1. The zero-order chi connectivity index (χ0) is 29.6. The summed E-state index contributed by atoms with van der Waals surface area (Å²) in [6, 6.07) is 13.5. The fourth-order valence-corrected chi connectivity index (χ4v) is 3.52. The maximum absolute atomic E-state index is 12.3. The van der Waals surface area contributed by atoms with Crippen LogP contribution in [0.1, 0.15) is 22.3 Å². The van der Waals surface area contributed by atoms with E-state index in [-0.39, 0.29) is 29.7 Å². The Morgan fingerprint density at radius 1 is 1.02 bits per heavy atom. The molecule has 0 bridgehead atoms. The molecule has 0 amide bonds. The van der Waals surface area contributed by atoms with E-state index in [1.165, 1.54) is 31.4 Å².